The van der Waals surface area contributed by atoms with Crippen molar-refractivity contribution in [1.82, 2.24) is 4.98 Å². The number of aryl methyl sites for hydroxylation is 1. The fourth-order valence-electron chi connectivity index (χ4n) is 2.37. The normalized spacial score (nSPS) is 11.7. The van der Waals surface area contributed by atoms with Gasteiger partial charge in [-0.25, -0.2) is 18.0 Å². The van der Waals surface area contributed by atoms with Crippen LogP contribution in [0.5, 0.6) is 0 Å². The fraction of sp³-hybridized carbons (Fsp3) is 0.368. The second kappa shape index (κ2) is 7.96. The summed E-state index contributed by atoms with van der Waals surface area (Å²) in [7, 11) is -4.07. The number of benzene rings is 1. The van der Waals surface area contributed by atoms with Crippen LogP contribution in [0.15, 0.2) is 40.4 Å². The van der Waals surface area contributed by atoms with Crippen LogP contribution in [-0.2, 0) is 19.3 Å². The summed E-state index contributed by atoms with van der Waals surface area (Å²) in [5.74, 6) is -1.71. The minimum Gasteiger partial charge on any atom is -0.459 e. The number of aromatic amines is 1. The van der Waals surface area contributed by atoms with Crippen molar-refractivity contribution in [3.63, 3.8) is 0 Å². The zero-order valence-electron chi connectivity index (χ0n) is 15.9. The highest BCUT2D eigenvalue weighted by Crippen LogP contribution is 2.27. The zero-order chi connectivity index (χ0) is 20.4. The van der Waals surface area contributed by atoms with E-state index in [1.165, 1.54) is 12.1 Å². The van der Waals surface area contributed by atoms with Crippen LogP contribution < -0.4 is 0 Å². The Hall–Kier alpha value is -2.61. The Balaban J connectivity index is 2.62. The van der Waals surface area contributed by atoms with Crippen LogP contribution in [0.2, 0.25) is 0 Å². The van der Waals surface area contributed by atoms with Crippen LogP contribution in [0.1, 0.15) is 54.0 Å². The molecule has 2 rings (SSSR count). The molecule has 0 saturated heterocycles. The molecule has 0 aliphatic heterocycles. The third-order valence-corrected chi connectivity index (χ3v) is 5.31. The molecule has 0 atom stereocenters. The highest BCUT2D eigenvalue weighted by molar-refractivity contribution is 7.91. The highest BCUT2D eigenvalue weighted by Gasteiger charge is 2.33. The number of hydrogen-bond donors (Lipinski definition) is 1. The number of rotatable bonds is 6. The van der Waals surface area contributed by atoms with Gasteiger partial charge in [-0.2, -0.15) is 0 Å². The Morgan fingerprint density at radius 1 is 0.926 bits per heavy atom. The quantitative estimate of drug-likeness (QED) is 0.756. The molecule has 0 saturated carbocycles. The van der Waals surface area contributed by atoms with Crippen LogP contribution in [0.3, 0.4) is 0 Å². The van der Waals surface area contributed by atoms with Gasteiger partial charge in [-0.05, 0) is 46.8 Å². The molecule has 1 N–H and O–H groups in total. The van der Waals surface area contributed by atoms with Gasteiger partial charge in [0, 0.05) is 6.20 Å². The van der Waals surface area contributed by atoms with Gasteiger partial charge in [-0.15, -0.1) is 0 Å². The van der Waals surface area contributed by atoms with E-state index in [0.717, 1.165) is 11.8 Å². The summed E-state index contributed by atoms with van der Waals surface area (Å²) in [6, 6.07) is 6.18. The number of carbonyl (C=O) groups is 2. The van der Waals surface area contributed by atoms with Crippen LogP contribution in [0.25, 0.3) is 0 Å². The Morgan fingerprint density at radius 3 is 1.96 bits per heavy atom. The second-order valence-corrected chi connectivity index (χ2v) is 8.52. The summed E-state index contributed by atoms with van der Waals surface area (Å²) in [6.45, 7) is 8.40. The van der Waals surface area contributed by atoms with Crippen molar-refractivity contribution in [2.24, 2.45) is 0 Å². The third kappa shape index (κ3) is 4.57. The standard InChI is InChI=1S/C19H23NO6S/c1-11(2)25-18(21)15-10-20-17(16(15)19(22)26-12(3)4)27(23,24)14-8-6-13(5)7-9-14/h6-12,20H,1-5H3. The van der Waals surface area contributed by atoms with E-state index < -0.39 is 39.0 Å². The molecule has 27 heavy (non-hydrogen) atoms. The lowest BCUT2D eigenvalue weighted by Crippen LogP contribution is -2.19. The first-order chi connectivity index (χ1) is 12.5. The molecule has 0 aliphatic rings. The van der Waals surface area contributed by atoms with Gasteiger partial charge in [-0.1, -0.05) is 17.7 Å². The predicted molar refractivity (Wildman–Crippen MR) is 98.5 cm³/mol. The molecule has 1 aromatic carbocycles. The number of H-pyrrole nitrogens is 1. The number of ether oxygens (including phenoxy) is 2. The molecule has 7 nitrogen and oxygen atoms in total. The lowest BCUT2D eigenvalue weighted by molar-refractivity contribution is 0.0326. The van der Waals surface area contributed by atoms with Crippen molar-refractivity contribution < 1.29 is 27.5 Å². The van der Waals surface area contributed by atoms with E-state index in [1.54, 1.807) is 39.8 Å². The van der Waals surface area contributed by atoms with Crippen LogP contribution >= 0.6 is 0 Å². The van der Waals surface area contributed by atoms with Gasteiger partial charge in [0.1, 0.15) is 5.56 Å². The Morgan fingerprint density at radius 2 is 1.44 bits per heavy atom. The molecule has 0 fully saturated rings. The van der Waals surface area contributed by atoms with E-state index in [9.17, 15) is 18.0 Å². The number of sulfone groups is 1. The summed E-state index contributed by atoms with van der Waals surface area (Å²) in [5, 5.41) is -0.396. The molecule has 0 amide bonds. The summed E-state index contributed by atoms with van der Waals surface area (Å²) >= 11 is 0. The first kappa shape index (κ1) is 20.7. The SMILES string of the molecule is Cc1ccc(S(=O)(=O)c2[nH]cc(C(=O)OC(C)C)c2C(=O)OC(C)C)cc1. The molecule has 1 heterocycles. The molecule has 2 aromatic rings. The minimum absolute atomic E-state index is 0.00248. The van der Waals surface area contributed by atoms with Gasteiger partial charge in [0.25, 0.3) is 0 Å². The lowest BCUT2D eigenvalue weighted by Gasteiger charge is -2.12. The Labute approximate surface area is 158 Å². The summed E-state index contributed by atoms with van der Waals surface area (Å²) in [6.07, 6.45) is 0.234. The average Bonchev–Trinajstić information content (AvgIpc) is 3.00. The van der Waals surface area contributed by atoms with E-state index in [1.807, 2.05) is 6.92 Å². The van der Waals surface area contributed by atoms with E-state index in [4.69, 9.17) is 9.47 Å². The van der Waals surface area contributed by atoms with E-state index in [2.05, 4.69) is 4.98 Å². The number of hydrogen-bond acceptors (Lipinski definition) is 6. The van der Waals surface area contributed by atoms with Crippen molar-refractivity contribution in [1.29, 1.82) is 0 Å². The Bertz CT molecular complexity index is 939. The topological polar surface area (TPSA) is 103 Å². The highest BCUT2D eigenvalue weighted by atomic mass is 32.2. The summed E-state index contributed by atoms with van der Waals surface area (Å²) < 4.78 is 36.3. The largest absolute Gasteiger partial charge is 0.459 e. The smallest absolute Gasteiger partial charge is 0.342 e. The molecule has 0 radical (unpaired) electrons. The molecule has 0 unspecified atom stereocenters. The van der Waals surface area contributed by atoms with Crippen molar-refractivity contribution in [3.05, 3.63) is 47.2 Å². The number of aromatic nitrogens is 1. The third-order valence-electron chi connectivity index (χ3n) is 3.55. The maximum absolute atomic E-state index is 13.0. The van der Waals surface area contributed by atoms with Crippen LogP contribution in [-0.4, -0.2) is 37.5 Å². The van der Waals surface area contributed by atoms with Gasteiger partial charge >= 0.3 is 11.9 Å². The average molecular weight is 393 g/mol. The van der Waals surface area contributed by atoms with Gasteiger partial charge in [0.05, 0.1) is 22.7 Å². The maximum Gasteiger partial charge on any atom is 0.342 e. The molecule has 0 bridgehead atoms. The minimum atomic E-state index is -4.07. The van der Waals surface area contributed by atoms with E-state index >= 15 is 0 Å². The summed E-state index contributed by atoms with van der Waals surface area (Å²) in [4.78, 5) is 27.5. The molecule has 146 valence electrons. The summed E-state index contributed by atoms with van der Waals surface area (Å²) in [5.41, 5.74) is 0.357. The van der Waals surface area contributed by atoms with Crippen molar-refractivity contribution in [2.75, 3.05) is 0 Å². The van der Waals surface area contributed by atoms with Crippen LogP contribution in [0, 0.1) is 6.92 Å². The number of esters is 2. The molecule has 0 aliphatic carbocycles. The van der Waals surface area contributed by atoms with Crippen molar-refractivity contribution >= 4 is 21.8 Å². The monoisotopic (exact) mass is 393 g/mol. The first-order valence-corrected chi connectivity index (χ1v) is 9.97. The Kier molecular flexibility index (Phi) is 6.10. The zero-order valence-corrected chi connectivity index (χ0v) is 16.7. The van der Waals surface area contributed by atoms with Gasteiger partial charge in [0.15, 0.2) is 5.03 Å². The number of nitrogens with one attached hydrogen (secondary N) is 1. The molecule has 8 heteroatoms. The maximum atomic E-state index is 13.0. The van der Waals surface area contributed by atoms with E-state index in [0.29, 0.717) is 0 Å². The predicted octanol–water partition coefficient (Wildman–Crippen LogP) is 3.29. The molecular formula is C19H23NO6S. The van der Waals surface area contributed by atoms with Crippen molar-refractivity contribution in [2.45, 2.75) is 56.7 Å². The fourth-order valence-corrected chi connectivity index (χ4v) is 3.77. The first-order valence-electron chi connectivity index (χ1n) is 8.49. The second-order valence-electron chi connectivity index (χ2n) is 6.63. The molecule has 0 spiro atoms. The van der Waals surface area contributed by atoms with Gasteiger partial charge in [-0.3, -0.25) is 0 Å². The number of carbonyl (C=O) groups excluding carboxylic acids is 2. The molecule has 1 aromatic heterocycles. The van der Waals surface area contributed by atoms with Gasteiger partial charge < -0.3 is 14.5 Å². The van der Waals surface area contributed by atoms with E-state index in [-0.39, 0.29) is 16.0 Å². The van der Waals surface area contributed by atoms with Gasteiger partial charge in [0.2, 0.25) is 9.84 Å². The van der Waals surface area contributed by atoms with Crippen LogP contribution in [0.4, 0.5) is 0 Å². The molecular weight excluding hydrogens is 370 g/mol. The lowest BCUT2D eigenvalue weighted by atomic mass is 10.2. The van der Waals surface area contributed by atoms with Crippen molar-refractivity contribution in [3.8, 4) is 0 Å².